The van der Waals surface area contributed by atoms with Crippen LogP contribution in [-0.4, -0.2) is 54.1 Å². The van der Waals surface area contributed by atoms with Crippen LogP contribution in [0.25, 0.3) is 0 Å². The summed E-state index contributed by atoms with van der Waals surface area (Å²) in [6, 6.07) is 10.9. The number of anilines is 2. The Morgan fingerprint density at radius 3 is 1.14 bits per heavy atom. The zero-order valence-electron chi connectivity index (χ0n) is 32.3. The minimum Gasteiger partial charge on any atom is -0.295 e. The van der Waals surface area contributed by atoms with Gasteiger partial charge in [-0.25, -0.2) is 9.80 Å². The van der Waals surface area contributed by atoms with Crippen LogP contribution in [0.15, 0.2) is 103 Å². The van der Waals surface area contributed by atoms with Crippen molar-refractivity contribution in [2.24, 2.45) is 0 Å². The number of imide groups is 2. The van der Waals surface area contributed by atoms with E-state index in [1.165, 1.54) is 32.9 Å². The lowest BCUT2D eigenvalue weighted by Crippen LogP contribution is -2.55. The third-order valence-corrected chi connectivity index (χ3v) is 11.1. The van der Waals surface area contributed by atoms with Crippen molar-refractivity contribution in [3.63, 3.8) is 0 Å². The van der Waals surface area contributed by atoms with E-state index >= 15 is 26.3 Å². The summed E-state index contributed by atoms with van der Waals surface area (Å²) in [5.41, 5.74) is -19.0. The second-order valence-corrected chi connectivity index (χ2v) is 14.9. The van der Waals surface area contributed by atoms with Crippen LogP contribution in [0.4, 0.5) is 64.1 Å². The van der Waals surface area contributed by atoms with Crippen LogP contribution in [0.5, 0.6) is 0 Å². The van der Waals surface area contributed by atoms with Gasteiger partial charge in [0.1, 0.15) is 0 Å². The maximum absolute atomic E-state index is 15.3. The van der Waals surface area contributed by atoms with Crippen molar-refractivity contribution in [3.8, 4) is 0 Å². The molecule has 0 spiro atoms. The zero-order chi connectivity index (χ0) is 46.6. The fourth-order valence-corrected chi connectivity index (χ4v) is 8.14. The monoisotopic (exact) mass is 890 g/mol. The summed E-state index contributed by atoms with van der Waals surface area (Å²) in [5, 5.41) is 0. The van der Waals surface area contributed by atoms with Gasteiger partial charge in [0.25, 0.3) is 23.6 Å². The number of ketones is 1. The molecule has 0 radical (unpaired) electrons. The molecule has 0 saturated heterocycles. The second kappa shape index (κ2) is 14.4. The Hall–Kier alpha value is -6.79. The molecule has 2 heterocycles. The van der Waals surface area contributed by atoms with Crippen LogP contribution in [0.3, 0.4) is 0 Å². The van der Waals surface area contributed by atoms with E-state index in [2.05, 4.69) is 0 Å². The Bertz CT molecular complexity index is 2740. The molecule has 0 atom stereocenters. The van der Waals surface area contributed by atoms with E-state index < -0.39 is 115 Å². The number of hydrogen-bond acceptors (Lipinski definition) is 5. The summed E-state index contributed by atoms with van der Waals surface area (Å²) in [6.07, 6.45) is -24.7. The molecule has 0 aromatic heterocycles. The molecule has 7 nitrogen and oxygen atoms in total. The van der Waals surface area contributed by atoms with Gasteiger partial charge in [-0.15, -0.1) is 0 Å². The van der Waals surface area contributed by atoms with E-state index in [1.807, 2.05) is 0 Å². The van der Waals surface area contributed by atoms with Gasteiger partial charge in [0.05, 0.1) is 33.6 Å². The molecule has 0 bridgehead atoms. The first-order chi connectivity index (χ1) is 29.1. The Labute approximate surface area is 347 Å². The van der Waals surface area contributed by atoms with Gasteiger partial charge in [0.2, 0.25) is 10.8 Å². The Morgan fingerprint density at radius 1 is 0.397 bits per heavy atom. The minimum atomic E-state index is -6.33. The molecule has 0 N–H and O–H groups in total. The zero-order valence-corrected chi connectivity index (χ0v) is 32.3. The number of rotatable bonds is 7. The summed E-state index contributed by atoms with van der Waals surface area (Å²) in [4.78, 5) is 67.0. The number of benzene rings is 5. The Morgan fingerprint density at radius 2 is 0.746 bits per heavy atom. The predicted molar refractivity (Wildman–Crippen MR) is 200 cm³/mol. The number of halogens is 12. The van der Waals surface area contributed by atoms with E-state index in [9.17, 15) is 50.3 Å². The van der Waals surface area contributed by atoms with Crippen molar-refractivity contribution in [2.45, 2.75) is 56.3 Å². The molecule has 2 aliphatic heterocycles. The molecule has 2 aliphatic rings. The molecule has 5 aromatic carbocycles. The Balaban J connectivity index is 1.31. The highest BCUT2D eigenvalue weighted by molar-refractivity contribution is 6.35. The highest BCUT2D eigenvalue weighted by Crippen LogP contribution is 2.58. The van der Waals surface area contributed by atoms with Crippen LogP contribution in [0.2, 0.25) is 0 Å². The van der Waals surface area contributed by atoms with Crippen LogP contribution in [0, 0.1) is 13.8 Å². The van der Waals surface area contributed by atoms with Gasteiger partial charge in [0.15, 0.2) is 5.78 Å². The molecule has 0 aliphatic carbocycles. The largest absolute Gasteiger partial charge is 0.411 e. The quantitative estimate of drug-likeness (QED) is 0.0922. The van der Waals surface area contributed by atoms with Gasteiger partial charge in [0, 0.05) is 5.56 Å². The van der Waals surface area contributed by atoms with Gasteiger partial charge in [-0.05, 0) is 103 Å². The highest BCUT2D eigenvalue weighted by Gasteiger charge is 2.74. The second-order valence-electron chi connectivity index (χ2n) is 14.9. The summed E-state index contributed by atoms with van der Waals surface area (Å²) < 4.78 is 180. The van der Waals surface area contributed by atoms with Crippen molar-refractivity contribution in [2.75, 3.05) is 9.80 Å². The van der Waals surface area contributed by atoms with E-state index in [1.54, 1.807) is 0 Å². The topological polar surface area (TPSA) is 91.8 Å². The van der Waals surface area contributed by atoms with Crippen molar-refractivity contribution >= 4 is 40.8 Å². The minimum absolute atomic E-state index is 0.0404. The smallest absolute Gasteiger partial charge is 0.295 e. The fourth-order valence-electron chi connectivity index (χ4n) is 8.14. The number of hydrogen-bond donors (Lipinski definition) is 0. The number of carbonyl (C=O) groups excluding carboxylic acids is 5. The number of fused-ring (bicyclic) bond motifs is 2. The first-order valence-electron chi connectivity index (χ1n) is 18.2. The van der Waals surface area contributed by atoms with Crippen molar-refractivity contribution in [1.29, 1.82) is 0 Å². The summed E-state index contributed by atoms with van der Waals surface area (Å²) in [7, 11) is 0. The average Bonchev–Trinajstić information content (AvgIpc) is 3.56. The average molecular weight is 891 g/mol. The lowest BCUT2D eigenvalue weighted by atomic mass is 9.71. The molecule has 0 saturated carbocycles. The van der Waals surface area contributed by atoms with Crippen LogP contribution in [0.1, 0.15) is 92.1 Å². The molecule has 7 rings (SSSR count). The van der Waals surface area contributed by atoms with Crippen LogP contribution in [-0.2, 0) is 10.8 Å². The van der Waals surface area contributed by atoms with Crippen molar-refractivity contribution < 1.29 is 76.7 Å². The predicted octanol–water partition coefficient (Wildman–Crippen LogP) is 10.9. The Kier molecular flexibility index (Phi) is 10.1. The van der Waals surface area contributed by atoms with Gasteiger partial charge in [-0.2, -0.15) is 52.7 Å². The fraction of sp³-hybridized carbons (Fsp3) is 0.205. The van der Waals surface area contributed by atoms with E-state index in [0.717, 1.165) is 18.2 Å². The number of alkyl halides is 12. The third-order valence-electron chi connectivity index (χ3n) is 11.1. The molecule has 326 valence electrons. The summed E-state index contributed by atoms with van der Waals surface area (Å²) in [6.45, 7) is 4.10. The van der Waals surface area contributed by atoms with Gasteiger partial charge < -0.3 is 0 Å². The van der Waals surface area contributed by atoms with Gasteiger partial charge in [-0.1, -0.05) is 54.1 Å². The maximum Gasteiger partial charge on any atom is 0.411 e. The van der Waals surface area contributed by atoms with Crippen LogP contribution < -0.4 is 9.80 Å². The van der Waals surface area contributed by atoms with Gasteiger partial charge >= 0.3 is 24.7 Å². The number of nitrogens with zero attached hydrogens (tertiary/aromatic N) is 2. The normalized spacial score (nSPS) is 15.0. The summed E-state index contributed by atoms with van der Waals surface area (Å²) >= 11 is 0. The SMILES string of the molecule is CC(=O)c1cc(C)cc(N2C(=O)c3ccc(C(c4ccc5c(c4)C(=O)N(c4ccc(C(c6ccc(C)cc6)(C(F)(F)F)C(F)(F)F)cc4)C5=O)(C(F)(F)F)C(F)(F)F)cc3C2=O)c1. The number of aryl methyl sites for hydroxylation is 2. The van der Waals surface area contributed by atoms with E-state index in [4.69, 9.17) is 0 Å². The standard InChI is InChI=1S/C44H26F12N2O5/c1-21-4-6-25(7-5-21)39(41(45,46)47,42(48,49)50)26-8-12-29(13-9-26)57-35(60)31-14-10-27(19-33(31)37(57)62)40(43(51,52)53,44(54,55)56)28-11-15-32-34(20-28)38(63)58(36(32)61)30-17-22(2)16-24(18-30)23(3)59/h4-20H,1-3H3. The third kappa shape index (κ3) is 6.49. The number of carbonyl (C=O) groups is 5. The lowest BCUT2D eigenvalue weighted by molar-refractivity contribution is -0.290. The molecule has 5 aromatic rings. The maximum atomic E-state index is 15.3. The molecule has 4 amide bonds. The number of amides is 4. The highest BCUT2D eigenvalue weighted by atomic mass is 19.4. The molecule has 19 heteroatoms. The molecule has 0 fully saturated rings. The molecular weight excluding hydrogens is 864 g/mol. The lowest BCUT2D eigenvalue weighted by Gasteiger charge is -2.38. The van der Waals surface area contributed by atoms with Gasteiger partial charge in [-0.3, -0.25) is 24.0 Å². The first kappa shape index (κ1) is 44.3. The van der Waals surface area contributed by atoms with E-state index in [-0.39, 0.29) is 34.3 Å². The summed E-state index contributed by atoms with van der Waals surface area (Å²) in [5.74, 6) is -5.90. The van der Waals surface area contributed by atoms with Crippen LogP contribution >= 0.6 is 0 Å². The molecular formula is C44H26F12N2O5. The number of Topliss-reactive ketones (excluding diaryl/α,β-unsaturated/α-hetero) is 1. The van der Waals surface area contributed by atoms with Crippen molar-refractivity contribution in [1.82, 2.24) is 0 Å². The molecule has 0 unspecified atom stereocenters. The van der Waals surface area contributed by atoms with E-state index in [0.29, 0.717) is 70.6 Å². The first-order valence-corrected chi connectivity index (χ1v) is 18.2. The van der Waals surface area contributed by atoms with Crippen molar-refractivity contribution in [3.05, 3.63) is 164 Å². The molecule has 63 heavy (non-hydrogen) atoms.